The van der Waals surface area contributed by atoms with E-state index < -0.39 is 4.92 Å². The second kappa shape index (κ2) is 5.57. The Labute approximate surface area is 101 Å². The molecule has 1 unspecified atom stereocenters. The Morgan fingerprint density at radius 2 is 1.82 bits per heavy atom. The lowest BCUT2D eigenvalue weighted by Gasteiger charge is -2.17. The highest BCUT2D eigenvalue weighted by Crippen LogP contribution is 2.20. The first-order chi connectivity index (χ1) is 7.91. The van der Waals surface area contributed by atoms with Crippen LogP contribution in [0.4, 0.5) is 5.69 Å². The van der Waals surface area contributed by atoms with Crippen molar-refractivity contribution in [3.05, 3.63) is 39.9 Å². The molecule has 0 saturated heterocycles. The first-order valence-electron chi connectivity index (χ1n) is 5.65. The fraction of sp³-hybridized carbons (Fsp3) is 0.462. The molecule has 0 radical (unpaired) electrons. The third kappa shape index (κ3) is 3.66. The van der Waals surface area contributed by atoms with Gasteiger partial charge in [0.25, 0.3) is 5.69 Å². The standard InChI is InChI=1S/C13H17NO3/c1-9(2)13(10(3)15)8-11-4-6-12(7-5-11)14(16)17/h4-7,9,13H,8H2,1-3H3. The Morgan fingerprint density at radius 1 is 1.29 bits per heavy atom. The van der Waals surface area contributed by atoms with Gasteiger partial charge in [0.2, 0.25) is 0 Å². The molecule has 0 saturated carbocycles. The first kappa shape index (κ1) is 13.4. The number of benzene rings is 1. The molecule has 0 aliphatic rings. The lowest BCUT2D eigenvalue weighted by atomic mass is 9.86. The van der Waals surface area contributed by atoms with E-state index in [-0.39, 0.29) is 23.3 Å². The zero-order valence-corrected chi connectivity index (χ0v) is 10.3. The minimum Gasteiger partial charge on any atom is -0.300 e. The summed E-state index contributed by atoms with van der Waals surface area (Å²) in [6.07, 6.45) is 0.644. The molecule has 0 bridgehead atoms. The van der Waals surface area contributed by atoms with Crippen LogP contribution in [0, 0.1) is 22.0 Å². The first-order valence-corrected chi connectivity index (χ1v) is 5.65. The van der Waals surface area contributed by atoms with Crippen molar-refractivity contribution < 1.29 is 9.72 Å². The Bertz CT molecular complexity index is 409. The minimum atomic E-state index is -0.422. The molecule has 4 nitrogen and oxygen atoms in total. The van der Waals surface area contributed by atoms with Crippen LogP contribution in [0.1, 0.15) is 26.3 Å². The van der Waals surface area contributed by atoms with Crippen LogP contribution in [0.15, 0.2) is 24.3 Å². The molecule has 1 atom stereocenters. The van der Waals surface area contributed by atoms with E-state index >= 15 is 0 Å². The summed E-state index contributed by atoms with van der Waals surface area (Å²) in [4.78, 5) is 21.5. The second-order valence-corrected chi connectivity index (χ2v) is 4.59. The average Bonchev–Trinajstić information content (AvgIpc) is 2.25. The van der Waals surface area contributed by atoms with E-state index in [2.05, 4.69) is 0 Å². The molecule has 1 rings (SSSR count). The van der Waals surface area contributed by atoms with Crippen molar-refractivity contribution in [2.75, 3.05) is 0 Å². The van der Waals surface area contributed by atoms with Gasteiger partial charge in [-0.2, -0.15) is 0 Å². The summed E-state index contributed by atoms with van der Waals surface area (Å²) in [6, 6.07) is 6.40. The number of Topliss-reactive ketones (excluding diaryl/α,β-unsaturated/α-hetero) is 1. The predicted octanol–water partition coefficient (Wildman–Crippen LogP) is 3.00. The van der Waals surface area contributed by atoms with Crippen molar-refractivity contribution in [1.29, 1.82) is 0 Å². The van der Waals surface area contributed by atoms with E-state index in [0.717, 1.165) is 5.56 Å². The molecule has 1 aromatic rings. The molecule has 0 aliphatic heterocycles. The fourth-order valence-electron chi connectivity index (χ4n) is 1.86. The van der Waals surface area contributed by atoms with E-state index in [1.165, 1.54) is 12.1 Å². The molecule has 0 aliphatic carbocycles. The van der Waals surface area contributed by atoms with Crippen LogP contribution in [0.2, 0.25) is 0 Å². The number of carbonyl (C=O) groups is 1. The van der Waals surface area contributed by atoms with Gasteiger partial charge in [0.05, 0.1) is 4.92 Å². The number of rotatable bonds is 5. The van der Waals surface area contributed by atoms with Crippen LogP contribution in [-0.4, -0.2) is 10.7 Å². The quantitative estimate of drug-likeness (QED) is 0.582. The van der Waals surface area contributed by atoms with Gasteiger partial charge >= 0.3 is 0 Å². The van der Waals surface area contributed by atoms with Crippen molar-refractivity contribution in [3.8, 4) is 0 Å². The number of nitro benzene ring substituents is 1. The molecule has 0 N–H and O–H groups in total. The molecular formula is C13H17NO3. The van der Waals surface area contributed by atoms with Crippen molar-refractivity contribution in [2.24, 2.45) is 11.8 Å². The SMILES string of the molecule is CC(=O)C(Cc1ccc([N+](=O)[O-])cc1)C(C)C. The van der Waals surface area contributed by atoms with E-state index in [4.69, 9.17) is 0 Å². The molecule has 0 spiro atoms. The highest BCUT2D eigenvalue weighted by Gasteiger charge is 2.19. The zero-order chi connectivity index (χ0) is 13.0. The summed E-state index contributed by atoms with van der Waals surface area (Å²) in [5.74, 6) is 0.428. The van der Waals surface area contributed by atoms with Crippen LogP contribution >= 0.6 is 0 Å². The van der Waals surface area contributed by atoms with Crippen molar-refractivity contribution in [1.82, 2.24) is 0 Å². The van der Waals surface area contributed by atoms with Crippen molar-refractivity contribution in [2.45, 2.75) is 27.2 Å². The van der Waals surface area contributed by atoms with Gasteiger partial charge in [0.1, 0.15) is 5.78 Å². The lowest BCUT2D eigenvalue weighted by Crippen LogP contribution is -2.20. The molecule has 0 amide bonds. The second-order valence-electron chi connectivity index (χ2n) is 4.59. The smallest absolute Gasteiger partial charge is 0.269 e. The molecule has 1 aromatic carbocycles. The molecule has 17 heavy (non-hydrogen) atoms. The maximum atomic E-state index is 11.5. The average molecular weight is 235 g/mol. The lowest BCUT2D eigenvalue weighted by molar-refractivity contribution is -0.384. The molecule has 4 heteroatoms. The highest BCUT2D eigenvalue weighted by atomic mass is 16.6. The topological polar surface area (TPSA) is 60.2 Å². The van der Waals surface area contributed by atoms with Crippen LogP contribution < -0.4 is 0 Å². The summed E-state index contributed by atoms with van der Waals surface area (Å²) in [6.45, 7) is 5.62. The number of nitrogens with zero attached hydrogens (tertiary/aromatic N) is 1. The van der Waals surface area contributed by atoms with Gasteiger partial charge in [-0.05, 0) is 24.8 Å². The molecule has 92 valence electrons. The fourth-order valence-corrected chi connectivity index (χ4v) is 1.86. The van der Waals surface area contributed by atoms with Gasteiger partial charge in [-0.3, -0.25) is 14.9 Å². The number of nitro groups is 1. The number of hydrogen-bond donors (Lipinski definition) is 0. The number of hydrogen-bond acceptors (Lipinski definition) is 3. The zero-order valence-electron chi connectivity index (χ0n) is 10.3. The Morgan fingerprint density at radius 3 is 2.18 bits per heavy atom. The highest BCUT2D eigenvalue weighted by molar-refractivity contribution is 5.78. The van der Waals surface area contributed by atoms with Gasteiger partial charge in [0.15, 0.2) is 0 Å². The van der Waals surface area contributed by atoms with Gasteiger partial charge in [-0.15, -0.1) is 0 Å². The largest absolute Gasteiger partial charge is 0.300 e. The van der Waals surface area contributed by atoms with E-state index in [1.54, 1.807) is 19.1 Å². The monoisotopic (exact) mass is 235 g/mol. The maximum absolute atomic E-state index is 11.5. The van der Waals surface area contributed by atoms with Gasteiger partial charge < -0.3 is 0 Å². The third-order valence-electron chi connectivity index (χ3n) is 2.93. The summed E-state index contributed by atoms with van der Waals surface area (Å²) in [7, 11) is 0. The van der Waals surface area contributed by atoms with Crippen LogP contribution in [0.3, 0.4) is 0 Å². The molecule has 0 aromatic heterocycles. The molecular weight excluding hydrogens is 218 g/mol. The number of ketones is 1. The van der Waals surface area contributed by atoms with Gasteiger partial charge in [-0.1, -0.05) is 26.0 Å². The summed E-state index contributed by atoms with van der Waals surface area (Å²) in [5, 5.41) is 10.5. The Kier molecular flexibility index (Phi) is 4.37. The minimum absolute atomic E-state index is 0.0172. The van der Waals surface area contributed by atoms with E-state index in [1.807, 2.05) is 13.8 Å². The summed E-state index contributed by atoms with van der Waals surface area (Å²) < 4.78 is 0. The van der Waals surface area contributed by atoms with Gasteiger partial charge in [0, 0.05) is 18.1 Å². The molecule has 0 heterocycles. The van der Waals surface area contributed by atoms with Gasteiger partial charge in [-0.25, -0.2) is 0 Å². The summed E-state index contributed by atoms with van der Waals surface area (Å²) in [5.41, 5.74) is 1.04. The Hall–Kier alpha value is -1.71. The van der Waals surface area contributed by atoms with E-state index in [0.29, 0.717) is 6.42 Å². The number of carbonyl (C=O) groups excluding carboxylic acids is 1. The Balaban J connectivity index is 2.80. The maximum Gasteiger partial charge on any atom is 0.269 e. The number of non-ortho nitro benzene ring substituents is 1. The van der Waals surface area contributed by atoms with Crippen molar-refractivity contribution >= 4 is 11.5 Å². The van der Waals surface area contributed by atoms with Crippen molar-refractivity contribution in [3.63, 3.8) is 0 Å². The predicted molar refractivity (Wildman–Crippen MR) is 65.8 cm³/mol. The van der Waals surface area contributed by atoms with Crippen LogP contribution in [0.25, 0.3) is 0 Å². The third-order valence-corrected chi connectivity index (χ3v) is 2.93. The summed E-state index contributed by atoms with van der Waals surface area (Å²) >= 11 is 0. The normalized spacial score (nSPS) is 12.5. The molecule has 0 fully saturated rings. The van der Waals surface area contributed by atoms with Crippen LogP contribution in [0.5, 0.6) is 0 Å². The van der Waals surface area contributed by atoms with Crippen LogP contribution in [-0.2, 0) is 11.2 Å². The van der Waals surface area contributed by atoms with E-state index in [9.17, 15) is 14.9 Å².